The predicted octanol–water partition coefficient (Wildman–Crippen LogP) is 2.77. The number of aliphatic hydroxyl groups excluding tert-OH is 1. The van der Waals surface area contributed by atoms with E-state index in [0.29, 0.717) is 12.0 Å². The van der Waals surface area contributed by atoms with Crippen LogP contribution in [0.4, 0.5) is 0 Å². The largest absolute Gasteiger partial charge is 0.393 e. The van der Waals surface area contributed by atoms with Gasteiger partial charge in [-0.2, -0.15) is 0 Å². The highest BCUT2D eigenvalue weighted by Crippen LogP contribution is 2.26. The minimum Gasteiger partial charge on any atom is -0.393 e. The van der Waals surface area contributed by atoms with Gasteiger partial charge in [0.25, 0.3) is 0 Å². The molecule has 0 aliphatic heterocycles. The highest BCUT2D eigenvalue weighted by Gasteiger charge is 2.27. The maximum atomic E-state index is 9.85. The van der Waals surface area contributed by atoms with Crippen LogP contribution in [-0.2, 0) is 6.42 Å². The van der Waals surface area contributed by atoms with Gasteiger partial charge in [-0.05, 0) is 50.6 Å². The van der Waals surface area contributed by atoms with Crippen molar-refractivity contribution >= 4 is 11.3 Å². The highest BCUT2D eigenvalue weighted by molar-refractivity contribution is 7.09. The Morgan fingerprint density at radius 3 is 2.94 bits per heavy atom. The molecule has 0 radical (unpaired) electrons. The van der Waals surface area contributed by atoms with E-state index < -0.39 is 0 Å². The van der Waals surface area contributed by atoms with E-state index in [1.165, 1.54) is 17.7 Å². The molecule has 0 saturated heterocycles. The van der Waals surface area contributed by atoms with Crippen molar-refractivity contribution in [2.45, 2.75) is 44.8 Å². The van der Waals surface area contributed by atoms with Gasteiger partial charge in [-0.1, -0.05) is 12.5 Å². The van der Waals surface area contributed by atoms with E-state index >= 15 is 0 Å². The fraction of sp³-hybridized carbons (Fsp3) is 0.714. The van der Waals surface area contributed by atoms with Crippen LogP contribution in [0.3, 0.4) is 0 Å². The van der Waals surface area contributed by atoms with Gasteiger partial charge in [0.2, 0.25) is 0 Å². The van der Waals surface area contributed by atoms with Gasteiger partial charge in [-0.15, -0.1) is 11.3 Å². The summed E-state index contributed by atoms with van der Waals surface area (Å²) in [6.07, 6.45) is 4.44. The van der Waals surface area contributed by atoms with Crippen LogP contribution < -0.4 is 0 Å². The Morgan fingerprint density at radius 1 is 1.53 bits per heavy atom. The SMILES string of the molecule is CC(Cc1cccs1)N(C)CC1CCCC1O. The summed E-state index contributed by atoms with van der Waals surface area (Å²) in [6, 6.07) is 4.88. The molecule has 1 N–H and O–H groups in total. The lowest BCUT2D eigenvalue weighted by molar-refractivity contribution is 0.0992. The van der Waals surface area contributed by atoms with Crippen LogP contribution in [0.5, 0.6) is 0 Å². The zero-order valence-electron chi connectivity index (χ0n) is 10.8. The quantitative estimate of drug-likeness (QED) is 0.872. The van der Waals surface area contributed by atoms with Crippen LogP contribution in [0.2, 0.25) is 0 Å². The Labute approximate surface area is 108 Å². The minimum atomic E-state index is -0.0635. The second kappa shape index (κ2) is 5.98. The third-order valence-corrected chi connectivity index (χ3v) is 4.87. The maximum Gasteiger partial charge on any atom is 0.0580 e. The summed E-state index contributed by atoms with van der Waals surface area (Å²) in [4.78, 5) is 3.86. The lowest BCUT2D eigenvalue weighted by Crippen LogP contribution is -2.37. The van der Waals surface area contributed by atoms with E-state index in [9.17, 15) is 5.11 Å². The molecular formula is C14H23NOS. The van der Waals surface area contributed by atoms with E-state index in [0.717, 1.165) is 19.4 Å². The number of likely N-dealkylation sites (N-methyl/N-ethyl adjacent to an activating group) is 1. The summed E-state index contributed by atoms with van der Waals surface area (Å²) < 4.78 is 0. The van der Waals surface area contributed by atoms with E-state index in [1.54, 1.807) is 0 Å². The van der Waals surface area contributed by atoms with E-state index in [-0.39, 0.29) is 6.10 Å². The number of hydrogen-bond acceptors (Lipinski definition) is 3. The van der Waals surface area contributed by atoms with Gasteiger partial charge >= 0.3 is 0 Å². The zero-order valence-corrected chi connectivity index (χ0v) is 11.6. The van der Waals surface area contributed by atoms with E-state index in [2.05, 4.69) is 36.4 Å². The Hall–Kier alpha value is -0.380. The third-order valence-electron chi connectivity index (χ3n) is 3.97. The van der Waals surface area contributed by atoms with Crippen molar-refractivity contribution in [3.05, 3.63) is 22.4 Å². The van der Waals surface area contributed by atoms with E-state index in [1.807, 2.05) is 11.3 Å². The van der Waals surface area contributed by atoms with Crippen molar-refractivity contribution in [1.29, 1.82) is 0 Å². The Morgan fingerprint density at radius 2 is 2.35 bits per heavy atom. The second-order valence-corrected chi connectivity index (χ2v) is 6.36. The lowest BCUT2D eigenvalue weighted by Gasteiger charge is -2.28. The Balaban J connectivity index is 1.80. The zero-order chi connectivity index (χ0) is 12.3. The molecule has 1 aliphatic carbocycles. The van der Waals surface area contributed by atoms with Crippen molar-refractivity contribution in [3.63, 3.8) is 0 Å². The van der Waals surface area contributed by atoms with Crippen LogP contribution in [0.15, 0.2) is 17.5 Å². The summed E-state index contributed by atoms with van der Waals surface area (Å²) in [5.74, 6) is 0.491. The second-order valence-electron chi connectivity index (χ2n) is 5.33. The molecule has 0 bridgehead atoms. The van der Waals surface area contributed by atoms with Gasteiger partial charge in [0, 0.05) is 17.5 Å². The Bertz CT molecular complexity index is 325. The highest BCUT2D eigenvalue weighted by atomic mass is 32.1. The van der Waals surface area contributed by atoms with Gasteiger partial charge in [0.05, 0.1) is 6.10 Å². The molecule has 3 unspecified atom stereocenters. The average Bonchev–Trinajstić information content (AvgIpc) is 2.91. The summed E-state index contributed by atoms with van der Waals surface area (Å²) in [5.41, 5.74) is 0. The molecule has 1 saturated carbocycles. The molecular weight excluding hydrogens is 230 g/mol. The van der Waals surface area contributed by atoms with Crippen molar-refractivity contribution in [1.82, 2.24) is 4.90 Å². The molecule has 17 heavy (non-hydrogen) atoms. The minimum absolute atomic E-state index is 0.0635. The third kappa shape index (κ3) is 3.54. The van der Waals surface area contributed by atoms with Gasteiger partial charge < -0.3 is 10.0 Å². The molecule has 1 aromatic heterocycles. The van der Waals surface area contributed by atoms with Crippen LogP contribution >= 0.6 is 11.3 Å². The first-order valence-electron chi connectivity index (χ1n) is 6.57. The molecule has 3 atom stereocenters. The number of thiophene rings is 1. The fourth-order valence-electron chi connectivity index (χ4n) is 2.66. The van der Waals surface area contributed by atoms with E-state index in [4.69, 9.17) is 0 Å². The summed E-state index contributed by atoms with van der Waals surface area (Å²) in [6.45, 7) is 3.31. The van der Waals surface area contributed by atoms with Crippen LogP contribution in [-0.4, -0.2) is 35.7 Å². The van der Waals surface area contributed by atoms with Gasteiger partial charge in [-0.3, -0.25) is 0 Å². The monoisotopic (exact) mass is 253 g/mol. The summed E-state index contributed by atoms with van der Waals surface area (Å²) in [7, 11) is 2.18. The molecule has 2 nitrogen and oxygen atoms in total. The number of hydrogen-bond donors (Lipinski definition) is 1. The van der Waals surface area contributed by atoms with Crippen molar-refractivity contribution in [2.75, 3.05) is 13.6 Å². The average molecular weight is 253 g/mol. The molecule has 96 valence electrons. The number of nitrogens with zero attached hydrogens (tertiary/aromatic N) is 1. The van der Waals surface area contributed by atoms with Gasteiger partial charge in [-0.25, -0.2) is 0 Å². The summed E-state index contributed by atoms with van der Waals surface area (Å²) in [5, 5.41) is 12.0. The molecule has 1 aliphatic rings. The maximum absolute atomic E-state index is 9.85. The standard InChI is InChI=1S/C14H23NOS/c1-11(9-13-6-4-8-17-13)15(2)10-12-5-3-7-14(12)16/h4,6,8,11-12,14,16H,3,5,7,9-10H2,1-2H3. The van der Waals surface area contributed by atoms with Crippen LogP contribution in [0.1, 0.15) is 31.1 Å². The lowest BCUT2D eigenvalue weighted by atomic mass is 10.0. The van der Waals surface area contributed by atoms with Crippen molar-refractivity contribution < 1.29 is 5.11 Å². The first-order valence-corrected chi connectivity index (χ1v) is 7.45. The Kier molecular flexibility index (Phi) is 4.60. The molecule has 0 amide bonds. The summed E-state index contributed by atoms with van der Waals surface area (Å²) >= 11 is 1.84. The van der Waals surface area contributed by atoms with Crippen LogP contribution in [0, 0.1) is 5.92 Å². The predicted molar refractivity (Wildman–Crippen MR) is 73.5 cm³/mol. The molecule has 2 rings (SSSR count). The first kappa shape index (κ1) is 13.1. The number of aliphatic hydroxyl groups is 1. The fourth-order valence-corrected chi connectivity index (χ4v) is 3.48. The molecule has 0 aromatic carbocycles. The van der Waals surface area contributed by atoms with Gasteiger partial charge in [0.15, 0.2) is 0 Å². The molecule has 1 heterocycles. The van der Waals surface area contributed by atoms with Gasteiger partial charge in [0.1, 0.15) is 0 Å². The topological polar surface area (TPSA) is 23.5 Å². The van der Waals surface area contributed by atoms with Crippen LogP contribution in [0.25, 0.3) is 0 Å². The van der Waals surface area contributed by atoms with Crippen molar-refractivity contribution in [3.8, 4) is 0 Å². The number of rotatable bonds is 5. The first-order chi connectivity index (χ1) is 8.16. The molecule has 1 fully saturated rings. The molecule has 1 aromatic rings. The molecule has 0 spiro atoms. The molecule has 3 heteroatoms. The normalized spacial score (nSPS) is 26.6. The smallest absolute Gasteiger partial charge is 0.0580 e. The van der Waals surface area contributed by atoms with Crippen molar-refractivity contribution in [2.24, 2.45) is 5.92 Å².